The molecule has 1 aliphatic rings. The molecular formula is C2H4O2P2. The van der Waals surface area contributed by atoms with Crippen molar-refractivity contribution in [2.45, 2.75) is 12.3 Å². The van der Waals surface area contributed by atoms with Crippen molar-refractivity contribution in [3.63, 3.8) is 0 Å². The smallest absolute Gasteiger partial charge is 0.170 e. The van der Waals surface area contributed by atoms with Crippen molar-refractivity contribution in [2.75, 3.05) is 0 Å². The topological polar surface area (TPSA) is 34.1 Å². The standard InChI is InChI=1S/C2H4O2P2/c1-2-5(3)6(2)4/h2H,1H3. The van der Waals surface area contributed by atoms with Crippen molar-refractivity contribution in [3.8, 4) is 0 Å². The van der Waals surface area contributed by atoms with E-state index < -0.39 is 14.2 Å². The third kappa shape index (κ3) is 0.413. The van der Waals surface area contributed by atoms with Crippen molar-refractivity contribution in [2.24, 2.45) is 0 Å². The van der Waals surface area contributed by atoms with Crippen molar-refractivity contribution in [1.29, 1.82) is 0 Å². The Bertz CT molecular complexity index is 162. The van der Waals surface area contributed by atoms with Crippen molar-refractivity contribution < 1.29 is 9.13 Å². The summed E-state index contributed by atoms with van der Waals surface area (Å²) in [5, 5.41) is 0.0370. The van der Waals surface area contributed by atoms with Crippen LogP contribution in [0, 0.1) is 0 Å². The van der Waals surface area contributed by atoms with E-state index in [1.54, 1.807) is 6.92 Å². The van der Waals surface area contributed by atoms with Gasteiger partial charge in [0.15, 0.2) is 14.2 Å². The molecule has 0 aromatic carbocycles. The van der Waals surface area contributed by atoms with Crippen LogP contribution in [-0.4, -0.2) is 5.40 Å². The molecule has 0 amide bonds. The van der Waals surface area contributed by atoms with Crippen molar-refractivity contribution >= 4 is 14.2 Å². The summed E-state index contributed by atoms with van der Waals surface area (Å²) >= 11 is 0. The molecule has 0 N–H and O–H groups in total. The van der Waals surface area contributed by atoms with Crippen LogP contribution in [0.3, 0.4) is 0 Å². The maximum absolute atomic E-state index is 10.1. The zero-order valence-corrected chi connectivity index (χ0v) is 5.08. The van der Waals surface area contributed by atoms with E-state index in [9.17, 15) is 9.13 Å². The van der Waals surface area contributed by atoms with Crippen LogP contribution in [0.4, 0.5) is 0 Å². The maximum Gasteiger partial charge on any atom is 0.170 e. The average Bonchev–Trinajstić information content (AvgIpc) is 1.94. The molecule has 0 aromatic heterocycles. The highest BCUT2D eigenvalue weighted by atomic mass is 31.8. The highest BCUT2D eigenvalue weighted by molar-refractivity contribution is 8.08. The van der Waals surface area contributed by atoms with Crippen LogP contribution >= 0.6 is 14.2 Å². The van der Waals surface area contributed by atoms with Gasteiger partial charge in [-0.2, -0.15) is 0 Å². The lowest BCUT2D eigenvalue weighted by atomic mass is 11.0. The van der Waals surface area contributed by atoms with Crippen LogP contribution < -0.4 is 0 Å². The quantitative estimate of drug-likeness (QED) is 0.460. The number of rotatable bonds is 0. The minimum atomic E-state index is -1.23. The van der Waals surface area contributed by atoms with Gasteiger partial charge in [-0.25, -0.2) is 0 Å². The van der Waals surface area contributed by atoms with Crippen LogP contribution in [0.1, 0.15) is 6.92 Å². The summed E-state index contributed by atoms with van der Waals surface area (Å²) in [6, 6.07) is 0. The Morgan fingerprint density at radius 2 is 1.50 bits per heavy atom. The zero-order valence-electron chi connectivity index (χ0n) is 3.29. The molecule has 0 saturated carbocycles. The minimum absolute atomic E-state index is 0.0370. The first kappa shape index (κ1) is 4.36. The van der Waals surface area contributed by atoms with Gasteiger partial charge in [0.1, 0.15) is 5.40 Å². The summed E-state index contributed by atoms with van der Waals surface area (Å²) < 4.78 is 20.2. The molecule has 1 aliphatic heterocycles. The molecule has 1 heterocycles. The predicted molar refractivity (Wildman–Crippen MR) is 24.7 cm³/mol. The lowest BCUT2D eigenvalue weighted by Crippen LogP contribution is -1.53. The molecule has 0 spiro atoms. The van der Waals surface area contributed by atoms with Gasteiger partial charge in [0.25, 0.3) is 0 Å². The lowest BCUT2D eigenvalue weighted by Gasteiger charge is -1.54. The Balaban J connectivity index is 3.10. The molecule has 0 bridgehead atoms. The second-order valence-corrected chi connectivity index (χ2v) is 6.77. The molecule has 2 nitrogen and oxygen atoms in total. The first-order valence-corrected chi connectivity index (χ1v) is 5.02. The molecule has 0 aromatic rings. The predicted octanol–water partition coefficient (Wildman–Crippen LogP) is 1.92. The van der Waals surface area contributed by atoms with Crippen LogP contribution in [0.15, 0.2) is 0 Å². The van der Waals surface area contributed by atoms with Crippen LogP contribution in [0.5, 0.6) is 0 Å². The van der Waals surface area contributed by atoms with Gasteiger partial charge < -0.3 is 0 Å². The van der Waals surface area contributed by atoms with E-state index in [1.165, 1.54) is 0 Å². The largest absolute Gasteiger partial charge is 0.274 e. The molecule has 2 atom stereocenters. The van der Waals surface area contributed by atoms with E-state index in [-0.39, 0.29) is 5.40 Å². The lowest BCUT2D eigenvalue weighted by molar-refractivity contribution is 0.597. The molecule has 6 heavy (non-hydrogen) atoms. The zero-order chi connectivity index (χ0) is 4.73. The fourth-order valence-electron chi connectivity index (χ4n) is 0.222. The first-order chi connectivity index (χ1) is 2.73. The highest BCUT2D eigenvalue weighted by Crippen LogP contribution is 2.59. The first-order valence-electron chi connectivity index (χ1n) is 1.66. The minimum Gasteiger partial charge on any atom is -0.274 e. The Hall–Kier alpha value is 0.200. The van der Waals surface area contributed by atoms with Gasteiger partial charge in [-0.15, -0.1) is 0 Å². The Kier molecular flexibility index (Phi) is 0.788. The normalized spacial score (nSPS) is 43.2. The second-order valence-electron chi connectivity index (χ2n) is 1.24. The van der Waals surface area contributed by atoms with Crippen molar-refractivity contribution in [3.05, 3.63) is 0 Å². The fraction of sp³-hybridized carbons (Fsp3) is 1.00. The van der Waals surface area contributed by atoms with Gasteiger partial charge in [0, 0.05) is 0 Å². The van der Waals surface area contributed by atoms with Gasteiger partial charge in [0.2, 0.25) is 0 Å². The van der Waals surface area contributed by atoms with E-state index in [2.05, 4.69) is 0 Å². The summed E-state index contributed by atoms with van der Waals surface area (Å²) in [6.07, 6.45) is 0. The molecular weight excluding hydrogens is 118 g/mol. The molecule has 1 rings (SSSR count). The fourth-order valence-corrected chi connectivity index (χ4v) is 2.76. The summed E-state index contributed by atoms with van der Waals surface area (Å²) in [6.45, 7) is 1.75. The summed E-state index contributed by atoms with van der Waals surface area (Å²) in [5.41, 5.74) is 0. The van der Waals surface area contributed by atoms with Crippen LogP contribution in [-0.2, 0) is 9.13 Å². The van der Waals surface area contributed by atoms with E-state index in [1.807, 2.05) is 0 Å². The average molecular weight is 122 g/mol. The van der Waals surface area contributed by atoms with Gasteiger partial charge in [-0.05, 0) is 6.92 Å². The highest BCUT2D eigenvalue weighted by Gasteiger charge is 2.25. The van der Waals surface area contributed by atoms with E-state index >= 15 is 0 Å². The molecule has 4 heteroatoms. The van der Waals surface area contributed by atoms with Crippen LogP contribution in [0.2, 0.25) is 0 Å². The third-order valence-corrected chi connectivity index (χ3v) is 5.75. The van der Waals surface area contributed by atoms with Gasteiger partial charge in [-0.1, -0.05) is 0 Å². The number of hydrogen-bond donors (Lipinski definition) is 0. The molecule has 0 radical (unpaired) electrons. The summed E-state index contributed by atoms with van der Waals surface area (Å²) in [5.74, 6) is 0. The summed E-state index contributed by atoms with van der Waals surface area (Å²) in [7, 11) is -2.47. The number of hydrogen-bond acceptors (Lipinski definition) is 2. The second kappa shape index (κ2) is 1.08. The third-order valence-electron chi connectivity index (χ3n) is 0.779. The Morgan fingerprint density at radius 3 is 1.50 bits per heavy atom. The Morgan fingerprint density at radius 1 is 1.33 bits per heavy atom. The van der Waals surface area contributed by atoms with Gasteiger partial charge in [0.05, 0.1) is 0 Å². The molecule has 34 valence electrons. The van der Waals surface area contributed by atoms with Gasteiger partial charge in [-0.3, -0.25) is 9.13 Å². The molecule has 0 aliphatic carbocycles. The van der Waals surface area contributed by atoms with E-state index in [0.29, 0.717) is 0 Å². The molecule has 0 saturated heterocycles. The maximum atomic E-state index is 10.1. The molecule has 0 fully saturated rings. The van der Waals surface area contributed by atoms with Gasteiger partial charge >= 0.3 is 0 Å². The Labute approximate surface area is 36.6 Å². The monoisotopic (exact) mass is 122 g/mol. The summed E-state index contributed by atoms with van der Waals surface area (Å²) in [4.78, 5) is 0. The van der Waals surface area contributed by atoms with E-state index in [4.69, 9.17) is 0 Å². The van der Waals surface area contributed by atoms with Crippen LogP contribution in [0.25, 0.3) is 0 Å². The van der Waals surface area contributed by atoms with E-state index in [0.717, 1.165) is 0 Å². The van der Waals surface area contributed by atoms with Crippen molar-refractivity contribution in [1.82, 2.24) is 0 Å². The SMILES string of the molecule is CC1P(=O)=P1=O. The molecule has 2 unspecified atom stereocenters.